The van der Waals surface area contributed by atoms with Crippen LogP contribution in [-0.4, -0.2) is 12.6 Å². The Labute approximate surface area is 90.6 Å². The molecule has 1 aromatic rings. The third-order valence-electron chi connectivity index (χ3n) is 1.82. The highest BCUT2D eigenvalue weighted by atomic mass is 32.2. The molecule has 84 valence electrons. The van der Waals surface area contributed by atoms with Crippen LogP contribution in [0.15, 0.2) is 23.1 Å². The molecule has 0 saturated heterocycles. The van der Waals surface area contributed by atoms with Crippen molar-refractivity contribution >= 4 is 11.8 Å². The van der Waals surface area contributed by atoms with E-state index >= 15 is 0 Å². The van der Waals surface area contributed by atoms with Gasteiger partial charge in [-0.05, 0) is 36.4 Å². The van der Waals surface area contributed by atoms with E-state index in [9.17, 15) is 13.2 Å². The lowest BCUT2D eigenvalue weighted by Crippen LogP contribution is -2.17. The van der Waals surface area contributed by atoms with Crippen molar-refractivity contribution in [2.45, 2.75) is 24.6 Å². The molecule has 0 aliphatic carbocycles. The van der Waals surface area contributed by atoms with Crippen LogP contribution in [0.4, 0.5) is 13.2 Å². The van der Waals surface area contributed by atoms with Crippen molar-refractivity contribution < 1.29 is 17.9 Å². The van der Waals surface area contributed by atoms with Crippen LogP contribution in [0.25, 0.3) is 0 Å². The smallest absolute Gasteiger partial charge is 0.406 e. The average Bonchev–Trinajstić information content (AvgIpc) is 2.14. The van der Waals surface area contributed by atoms with E-state index in [0.29, 0.717) is 6.42 Å². The van der Waals surface area contributed by atoms with Gasteiger partial charge in [0.2, 0.25) is 0 Å². The molecule has 1 nitrogen and oxygen atoms in total. The van der Waals surface area contributed by atoms with Gasteiger partial charge in [-0.3, -0.25) is 0 Å². The van der Waals surface area contributed by atoms with Gasteiger partial charge in [-0.1, -0.05) is 6.92 Å². The number of alkyl halides is 3. The Bertz CT molecular complexity index is 314. The first-order valence-corrected chi connectivity index (χ1v) is 5.61. The zero-order valence-corrected chi connectivity index (χ0v) is 9.21. The summed E-state index contributed by atoms with van der Waals surface area (Å²) >= 11 is 1.39. The lowest BCUT2D eigenvalue weighted by molar-refractivity contribution is -0.274. The summed E-state index contributed by atoms with van der Waals surface area (Å²) in [6, 6.07) is 4.65. The van der Waals surface area contributed by atoms with Crippen molar-refractivity contribution in [2.24, 2.45) is 0 Å². The van der Waals surface area contributed by atoms with Gasteiger partial charge in [0.1, 0.15) is 5.75 Å². The first-order valence-electron chi connectivity index (χ1n) is 4.38. The largest absolute Gasteiger partial charge is 0.573 e. The molecule has 0 bridgehead atoms. The third-order valence-corrected chi connectivity index (χ3v) is 2.52. The van der Waals surface area contributed by atoms with Crippen molar-refractivity contribution in [3.8, 4) is 5.75 Å². The molecule has 0 N–H and O–H groups in total. The summed E-state index contributed by atoms with van der Waals surface area (Å²) in [7, 11) is 0. The minimum atomic E-state index is -4.62. The Hall–Kier alpha value is -0.840. The Morgan fingerprint density at radius 3 is 2.40 bits per heavy atom. The van der Waals surface area contributed by atoms with Crippen molar-refractivity contribution in [3.63, 3.8) is 0 Å². The van der Waals surface area contributed by atoms with Crippen LogP contribution in [0.5, 0.6) is 5.75 Å². The second kappa shape index (κ2) is 4.79. The van der Waals surface area contributed by atoms with E-state index in [-0.39, 0.29) is 5.75 Å². The standard InChI is InChI=1S/C10H11F3OS/c1-3-7-4-8(14-10(11,12)13)6-9(5-7)15-2/h4-6H,3H2,1-2H3. The zero-order chi connectivity index (χ0) is 11.5. The monoisotopic (exact) mass is 236 g/mol. The van der Waals surface area contributed by atoms with Crippen LogP contribution in [-0.2, 0) is 6.42 Å². The lowest BCUT2D eigenvalue weighted by atomic mass is 10.2. The molecule has 0 heterocycles. The summed E-state index contributed by atoms with van der Waals surface area (Å²) in [5, 5.41) is 0. The topological polar surface area (TPSA) is 9.23 Å². The van der Waals surface area contributed by atoms with Crippen molar-refractivity contribution in [3.05, 3.63) is 23.8 Å². The van der Waals surface area contributed by atoms with Gasteiger partial charge in [0.15, 0.2) is 0 Å². The van der Waals surface area contributed by atoms with Crippen LogP contribution in [0.2, 0.25) is 0 Å². The maximum atomic E-state index is 12.0. The minimum absolute atomic E-state index is 0.147. The van der Waals surface area contributed by atoms with E-state index in [1.54, 1.807) is 0 Å². The Morgan fingerprint density at radius 2 is 1.93 bits per heavy atom. The number of halogens is 3. The first-order chi connectivity index (χ1) is 6.94. The number of rotatable bonds is 3. The maximum absolute atomic E-state index is 12.0. The number of aryl methyl sites for hydroxylation is 1. The van der Waals surface area contributed by atoms with E-state index in [1.807, 2.05) is 19.2 Å². The summed E-state index contributed by atoms with van der Waals surface area (Å²) in [6.45, 7) is 1.89. The molecule has 0 amide bonds. The predicted molar refractivity (Wildman–Crippen MR) is 54.3 cm³/mol. The van der Waals surface area contributed by atoms with Gasteiger partial charge in [0.25, 0.3) is 0 Å². The molecule has 5 heteroatoms. The quantitative estimate of drug-likeness (QED) is 0.737. The van der Waals surface area contributed by atoms with Crippen molar-refractivity contribution in [2.75, 3.05) is 6.26 Å². The van der Waals surface area contributed by atoms with Crippen LogP contribution >= 0.6 is 11.8 Å². The summed E-state index contributed by atoms with van der Waals surface area (Å²) in [4.78, 5) is 0.772. The Kier molecular flexibility index (Phi) is 3.90. The highest BCUT2D eigenvalue weighted by molar-refractivity contribution is 7.98. The van der Waals surface area contributed by atoms with Crippen LogP contribution in [0.1, 0.15) is 12.5 Å². The Balaban J connectivity index is 2.97. The second-order valence-corrected chi connectivity index (χ2v) is 3.80. The molecule has 0 unspecified atom stereocenters. The first kappa shape index (κ1) is 12.2. The molecule has 0 atom stereocenters. The van der Waals surface area contributed by atoms with Gasteiger partial charge >= 0.3 is 6.36 Å². The average molecular weight is 236 g/mol. The molecule has 0 aliphatic heterocycles. The van der Waals surface area contributed by atoms with E-state index in [4.69, 9.17) is 0 Å². The summed E-state index contributed by atoms with van der Waals surface area (Å²) in [5.74, 6) is -0.147. The molecule has 0 radical (unpaired) electrons. The SMILES string of the molecule is CCc1cc(OC(F)(F)F)cc(SC)c1. The highest BCUT2D eigenvalue weighted by Crippen LogP contribution is 2.28. The van der Waals surface area contributed by atoms with E-state index in [1.165, 1.54) is 23.9 Å². The van der Waals surface area contributed by atoms with Gasteiger partial charge in [-0.2, -0.15) is 0 Å². The number of ether oxygens (including phenoxy) is 1. The summed E-state index contributed by atoms with van der Waals surface area (Å²) in [6.07, 6.45) is -2.13. The number of benzene rings is 1. The number of hydrogen-bond donors (Lipinski definition) is 0. The van der Waals surface area contributed by atoms with Gasteiger partial charge in [0.05, 0.1) is 0 Å². The molecule has 15 heavy (non-hydrogen) atoms. The lowest BCUT2D eigenvalue weighted by Gasteiger charge is -2.11. The molecular weight excluding hydrogens is 225 g/mol. The fraction of sp³-hybridized carbons (Fsp3) is 0.400. The zero-order valence-electron chi connectivity index (χ0n) is 8.39. The minimum Gasteiger partial charge on any atom is -0.406 e. The normalized spacial score (nSPS) is 11.5. The van der Waals surface area contributed by atoms with Crippen LogP contribution in [0, 0.1) is 0 Å². The molecule has 0 aromatic heterocycles. The maximum Gasteiger partial charge on any atom is 0.573 e. The van der Waals surface area contributed by atoms with Gasteiger partial charge in [0, 0.05) is 4.90 Å². The summed E-state index contributed by atoms with van der Waals surface area (Å²) in [5.41, 5.74) is 0.834. The fourth-order valence-corrected chi connectivity index (χ4v) is 1.65. The molecule has 0 saturated carbocycles. The highest BCUT2D eigenvalue weighted by Gasteiger charge is 2.31. The molecule has 0 aliphatic rings. The molecule has 1 aromatic carbocycles. The summed E-state index contributed by atoms with van der Waals surface area (Å²) < 4.78 is 39.8. The van der Waals surface area contributed by atoms with Gasteiger partial charge < -0.3 is 4.74 Å². The Morgan fingerprint density at radius 1 is 1.27 bits per heavy atom. The number of hydrogen-bond acceptors (Lipinski definition) is 2. The molecule has 0 spiro atoms. The second-order valence-electron chi connectivity index (χ2n) is 2.92. The van der Waals surface area contributed by atoms with E-state index in [2.05, 4.69) is 4.74 Å². The molecular formula is C10H11F3OS. The fourth-order valence-electron chi connectivity index (χ4n) is 1.15. The van der Waals surface area contributed by atoms with E-state index < -0.39 is 6.36 Å². The van der Waals surface area contributed by atoms with Crippen molar-refractivity contribution in [1.29, 1.82) is 0 Å². The van der Waals surface area contributed by atoms with Crippen molar-refractivity contribution in [1.82, 2.24) is 0 Å². The van der Waals surface area contributed by atoms with E-state index in [0.717, 1.165) is 10.5 Å². The van der Waals surface area contributed by atoms with Crippen LogP contribution < -0.4 is 4.74 Å². The third kappa shape index (κ3) is 4.03. The number of thioether (sulfide) groups is 1. The van der Waals surface area contributed by atoms with Crippen LogP contribution in [0.3, 0.4) is 0 Å². The van der Waals surface area contributed by atoms with Gasteiger partial charge in [-0.15, -0.1) is 24.9 Å². The predicted octanol–water partition coefficient (Wildman–Crippen LogP) is 3.87. The molecule has 1 rings (SSSR count). The molecule has 0 fully saturated rings. The van der Waals surface area contributed by atoms with Gasteiger partial charge in [-0.25, -0.2) is 0 Å².